The van der Waals surface area contributed by atoms with Crippen molar-refractivity contribution < 1.29 is 4.42 Å². The SMILES string of the molecule is c1ccc(-c2cc(-n3c4ccccc4c4cc5oc6nc(-c7ccccc7)nc(-c7ccccc7)c6c5cc43)nc(-c3ccccc3)n2)cc1. The minimum atomic E-state index is 0.552. The van der Waals surface area contributed by atoms with E-state index in [0.717, 1.165) is 77.6 Å². The Morgan fingerprint density at radius 2 is 1.00 bits per heavy atom. The molecule has 0 saturated heterocycles. The predicted molar refractivity (Wildman–Crippen MR) is 201 cm³/mol. The number of para-hydroxylation sites is 1. The van der Waals surface area contributed by atoms with Crippen molar-refractivity contribution in [1.82, 2.24) is 24.5 Å². The van der Waals surface area contributed by atoms with Gasteiger partial charge in [-0.2, -0.15) is 4.98 Å². The fourth-order valence-electron chi connectivity index (χ4n) is 6.93. The molecule has 0 bridgehead atoms. The lowest BCUT2D eigenvalue weighted by atomic mass is 10.0. The van der Waals surface area contributed by atoms with Crippen molar-refractivity contribution >= 4 is 43.9 Å². The van der Waals surface area contributed by atoms with Crippen molar-refractivity contribution in [1.29, 1.82) is 0 Å². The van der Waals surface area contributed by atoms with Crippen molar-refractivity contribution in [3.8, 4) is 51.1 Å². The van der Waals surface area contributed by atoms with Crippen LogP contribution in [0.1, 0.15) is 0 Å². The van der Waals surface area contributed by atoms with Crippen LogP contribution in [0.4, 0.5) is 0 Å². The number of hydrogen-bond acceptors (Lipinski definition) is 5. The fourth-order valence-corrected chi connectivity index (χ4v) is 6.93. The van der Waals surface area contributed by atoms with E-state index in [1.54, 1.807) is 0 Å². The molecule has 0 spiro atoms. The second kappa shape index (κ2) is 11.4. The van der Waals surface area contributed by atoms with Gasteiger partial charge in [-0.05, 0) is 18.2 Å². The molecule has 0 amide bonds. The Labute approximate surface area is 287 Å². The van der Waals surface area contributed by atoms with Crippen molar-refractivity contribution in [2.75, 3.05) is 0 Å². The van der Waals surface area contributed by atoms with E-state index < -0.39 is 0 Å². The Morgan fingerprint density at radius 3 is 1.68 bits per heavy atom. The Hall–Kier alpha value is -6.92. The largest absolute Gasteiger partial charge is 0.438 e. The lowest BCUT2D eigenvalue weighted by molar-refractivity contribution is 0.654. The molecule has 0 fully saturated rings. The topological polar surface area (TPSA) is 69.6 Å². The van der Waals surface area contributed by atoms with E-state index in [1.165, 1.54) is 0 Å². The summed E-state index contributed by atoms with van der Waals surface area (Å²) in [4.78, 5) is 20.4. The van der Waals surface area contributed by atoms with Gasteiger partial charge in [-0.25, -0.2) is 15.0 Å². The first kappa shape index (κ1) is 28.1. The van der Waals surface area contributed by atoms with E-state index in [4.69, 9.17) is 24.4 Å². The predicted octanol–water partition coefficient (Wildman–Crippen LogP) is 10.9. The number of aromatic nitrogens is 5. The zero-order valence-corrected chi connectivity index (χ0v) is 26.7. The molecule has 0 radical (unpaired) electrons. The summed E-state index contributed by atoms with van der Waals surface area (Å²) >= 11 is 0. The van der Waals surface area contributed by atoms with E-state index in [2.05, 4.69) is 83.4 Å². The molecule has 234 valence electrons. The molecule has 0 saturated carbocycles. The molecule has 0 unspecified atom stereocenters. The number of rotatable bonds is 5. The van der Waals surface area contributed by atoms with E-state index in [0.29, 0.717) is 17.4 Å². The van der Waals surface area contributed by atoms with Crippen molar-refractivity contribution in [3.63, 3.8) is 0 Å². The highest BCUT2D eigenvalue weighted by Crippen LogP contribution is 2.41. The third kappa shape index (κ3) is 4.58. The van der Waals surface area contributed by atoms with Gasteiger partial charge in [-0.15, -0.1) is 0 Å². The zero-order valence-electron chi connectivity index (χ0n) is 26.7. The van der Waals surface area contributed by atoms with Crippen LogP contribution in [0.15, 0.2) is 168 Å². The standard InChI is InChI=1S/C44H27N5O/c1-5-15-28(16-6-1)35-27-39(46-42(45-35)30-19-9-3-10-20-30)49-36-24-14-13-23-32(36)33-26-38-34(25-37(33)49)40-41(29-17-7-2-8-18-29)47-43(48-44(40)50-38)31-21-11-4-12-22-31/h1-27H. The first-order chi connectivity index (χ1) is 24.8. The number of fused-ring (bicyclic) bond motifs is 6. The monoisotopic (exact) mass is 641 g/mol. The lowest BCUT2D eigenvalue weighted by Crippen LogP contribution is -2.02. The molecule has 0 aliphatic heterocycles. The van der Waals surface area contributed by atoms with Crippen molar-refractivity contribution in [3.05, 3.63) is 164 Å². The third-order valence-electron chi connectivity index (χ3n) is 9.25. The first-order valence-corrected chi connectivity index (χ1v) is 16.6. The second-order valence-electron chi connectivity index (χ2n) is 12.3. The maximum atomic E-state index is 6.62. The average molecular weight is 642 g/mol. The van der Waals surface area contributed by atoms with Gasteiger partial charge in [0.2, 0.25) is 5.71 Å². The van der Waals surface area contributed by atoms with E-state index in [9.17, 15) is 0 Å². The molecule has 4 aromatic heterocycles. The molecule has 6 nitrogen and oxygen atoms in total. The minimum Gasteiger partial charge on any atom is -0.438 e. The van der Waals surface area contributed by atoms with Gasteiger partial charge in [0, 0.05) is 44.5 Å². The van der Waals surface area contributed by atoms with Crippen molar-refractivity contribution in [2.45, 2.75) is 0 Å². The lowest BCUT2D eigenvalue weighted by Gasteiger charge is -2.12. The Balaban J connectivity index is 1.29. The number of nitrogens with zero attached hydrogens (tertiary/aromatic N) is 5. The van der Waals surface area contributed by atoms with Gasteiger partial charge in [0.1, 0.15) is 11.4 Å². The van der Waals surface area contributed by atoms with Gasteiger partial charge >= 0.3 is 0 Å². The molecular weight excluding hydrogens is 615 g/mol. The summed E-state index contributed by atoms with van der Waals surface area (Å²) in [7, 11) is 0. The zero-order chi connectivity index (χ0) is 33.0. The molecule has 6 aromatic carbocycles. The van der Waals surface area contributed by atoms with Crippen LogP contribution in [0.2, 0.25) is 0 Å². The van der Waals surface area contributed by atoms with E-state index in [1.807, 2.05) is 84.9 Å². The van der Waals surface area contributed by atoms with Crippen LogP contribution in [0, 0.1) is 0 Å². The van der Waals surface area contributed by atoms with Crippen molar-refractivity contribution in [2.24, 2.45) is 0 Å². The van der Waals surface area contributed by atoms with Crippen LogP contribution < -0.4 is 0 Å². The summed E-state index contributed by atoms with van der Waals surface area (Å²) in [6, 6.07) is 55.6. The fraction of sp³-hybridized carbons (Fsp3) is 0. The second-order valence-corrected chi connectivity index (χ2v) is 12.3. The molecule has 50 heavy (non-hydrogen) atoms. The molecule has 6 heteroatoms. The smallest absolute Gasteiger partial charge is 0.231 e. The Morgan fingerprint density at radius 1 is 0.420 bits per heavy atom. The molecular formula is C44H27N5O. The summed E-state index contributed by atoms with van der Waals surface area (Å²) in [6.45, 7) is 0. The summed E-state index contributed by atoms with van der Waals surface area (Å²) in [6.07, 6.45) is 0. The van der Waals surface area contributed by atoms with Gasteiger partial charge in [0.25, 0.3) is 0 Å². The van der Waals surface area contributed by atoms with Gasteiger partial charge in [-0.3, -0.25) is 4.57 Å². The normalized spacial score (nSPS) is 11.6. The van der Waals surface area contributed by atoms with Gasteiger partial charge < -0.3 is 4.42 Å². The molecule has 4 heterocycles. The first-order valence-electron chi connectivity index (χ1n) is 16.6. The molecule has 10 aromatic rings. The highest BCUT2D eigenvalue weighted by Gasteiger charge is 2.22. The molecule has 0 atom stereocenters. The Bertz CT molecular complexity index is 2790. The van der Waals surface area contributed by atoms with Gasteiger partial charge in [0.05, 0.1) is 27.8 Å². The number of furan rings is 1. The molecule has 10 rings (SSSR count). The summed E-state index contributed by atoms with van der Waals surface area (Å²) in [5.41, 5.74) is 8.94. The van der Waals surface area contributed by atoms with E-state index in [-0.39, 0.29) is 0 Å². The summed E-state index contributed by atoms with van der Waals surface area (Å²) in [5, 5.41) is 3.98. The summed E-state index contributed by atoms with van der Waals surface area (Å²) in [5.74, 6) is 2.07. The number of hydrogen-bond donors (Lipinski definition) is 0. The Kier molecular flexibility index (Phi) is 6.39. The molecule has 0 aliphatic rings. The quantitative estimate of drug-likeness (QED) is 0.187. The molecule has 0 aliphatic carbocycles. The van der Waals surface area contributed by atoms with E-state index >= 15 is 0 Å². The minimum absolute atomic E-state index is 0.552. The van der Waals surface area contributed by atoms with Crippen LogP contribution in [-0.4, -0.2) is 24.5 Å². The van der Waals surface area contributed by atoms with Crippen LogP contribution >= 0.6 is 0 Å². The van der Waals surface area contributed by atoms with Gasteiger partial charge in [0.15, 0.2) is 11.6 Å². The average Bonchev–Trinajstić information content (AvgIpc) is 3.72. The van der Waals surface area contributed by atoms with Crippen LogP contribution in [-0.2, 0) is 0 Å². The van der Waals surface area contributed by atoms with Crippen LogP contribution in [0.25, 0.3) is 95.0 Å². The number of benzene rings is 6. The maximum absolute atomic E-state index is 6.62. The maximum Gasteiger partial charge on any atom is 0.231 e. The third-order valence-corrected chi connectivity index (χ3v) is 9.25. The molecule has 0 N–H and O–H groups in total. The van der Waals surface area contributed by atoms with Crippen LogP contribution in [0.3, 0.4) is 0 Å². The van der Waals surface area contributed by atoms with Crippen LogP contribution in [0.5, 0.6) is 0 Å². The highest BCUT2D eigenvalue weighted by atomic mass is 16.3. The highest BCUT2D eigenvalue weighted by molar-refractivity contribution is 6.19. The summed E-state index contributed by atoms with van der Waals surface area (Å²) < 4.78 is 8.86. The van der Waals surface area contributed by atoms with Gasteiger partial charge in [-0.1, -0.05) is 140 Å².